The first-order valence-electron chi connectivity index (χ1n) is 7.79. The van der Waals surface area contributed by atoms with Crippen molar-refractivity contribution in [1.82, 2.24) is 5.32 Å². The Morgan fingerprint density at radius 1 is 1.09 bits per heavy atom. The van der Waals surface area contributed by atoms with Gasteiger partial charge in [0.2, 0.25) is 5.91 Å². The summed E-state index contributed by atoms with van der Waals surface area (Å²) < 4.78 is 5.18. The smallest absolute Gasteiger partial charge is 0.244 e. The molecular formula is C20H23NO2. The number of ether oxygens (including phenoxy) is 1. The second-order valence-electron chi connectivity index (χ2n) is 5.55. The summed E-state index contributed by atoms with van der Waals surface area (Å²) in [6.45, 7) is 2.49. The van der Waals surface area contributed by atoms with Gasteiger partial charge in [-0.3, -0.25) is 4.79 Å². The van der Waals surface area contributed by atoms with Gasteiger partial charge in [-0.25, -0.2) is 0 Å². The van der Waals surface area contributed by atoms with E-state index in [9.17, 15) is 4.79 Å². The highest BCUT2D eigenvalue weighted by atomic mass is 16.5. The summed E-state index contributed by atoms with van der Waals surface area (Å²) in [5, 5.41) is 2.91. The predicted octanol–water partition coefficient (Wildman–Crippen LogP) is 3.89. The number of hydrogen-bond donors (Lipinski definition) is 1. The van der Waals surface area contributed by atoms with Crippen molar-refractivity contribution >= 4 is 5.91 Å². The molecule has 0 aliphatic heterocycles. The Hall–Kier alpha value is -2.55. The highest BCUT2D eigenvalue weighted by molar-refractivity contribution is 5.88. The van der Waals surface area contributed by atoms with Gasteiger partial charge in [-0.15, -0.1) is 0 Å². The van der Waals surface area contributed by atoms with Crippen LogP contribution in [0.1, 0.15) is 24.5 Å². The van der Waals surface area contributed by atoms with Gasteiger partial charge < -0.3 is 10.1 Å². The molecule has 120 valence electrons. The van der Waals surface area contributed by atoms with Crippen LogP contribution in [0.15, 0.2) is 66.2 Å². The van der Waals surface area contributed by atoms with Gasteiger partial charge in [-0.2, -0.15) is 0 Å². The first-order chi connectivity index (χ1) is 11.2. The Labute approximate surface area is 138 Å². The van der Waals surface area contributed by atoms with Crippen molar-refractivity contribution in [2.45, 2.75) is 26.3 Å². The molecule has 0 bridgehead atoms. The van der Waals surface area contributed by atoms with Crippen molar-refractivity contribution in [3.8, 4) is 5.75 Å². The first kappa shape index (κ1) is 16.8. The van der Waals surface area contributed by atoms with E-state index in [0.717, 1.165) is 29.7 Å². The fraction of sp³-hybridized carbons (Fsp3) is 0.250. The van der Waals surface area contributed by atoms with E-state index >= 15 is 0 Å². The first-order valence-corrected chi connectivity index (χ1v) is 7.79. The molecule has 2 aromatic rings. The number of carbonyl (C=O) groups excluding carboxylic acids is 1. The van der Waals surface area contributed by atoms with Crippen molar-refractivity contribution in [1.29, 1.82) is 0 Å². The lowest BCUT2D eigenvalue weighted by atomic mass is 10.1. The molecule has 0 aliphatic rings. The van der Waals surface area contributed by atoms with Crippen LogP contribution >= 0.6 is 0 Å². The van der Waals surface area contributed by atoms with Crippen molar-refractivity contribution in [2.75, 3.05) is 7.11 Å². The van der Waals surface area contributed by atoms with Crippen LogP contribution in [0.3, 0.4) is 0 Å². The normalized spacial score (nSPS) is 11.1. The van der Waals surface area contributed by atoms with Gasteiger partial charge in [-0.1, -0.05) is 48.0 Å². The van der Waals surface area contributed by atoms with Crippen LogP contribution in [-0.2, 0) is 17.8 Å². The van der Waals surface area contributed by atoms with E-state index in [1.807, 2.05) is 49.4 Å². The van der Waals surface area contributed by atoms with Crippen LogP contribution in [0, 0.1) is 0 Å². The molecule has 0 spiro atoms. The van der Waals surface area contributed by atoms with Crippen LogP contribution in [0.4, 0.5) is 0 Å². The average molecular weight is 309 g/mol. The molecule has 3 nitrogen and oxygen atoms in total. The maximum Gasteiger partial charge on any atom is 0.244 e. The fourth-order valence-corrected chi connectivity index (χ4v) is 2.30. The third-order valence-corrected chi connectivity index (χ3v) is 3.63. The number of amides is 1. The van der Waals surface area contributed by atoms with E-state index < -0.39 is 0 Å². The van der Waals surface area contributed by atoms with Crippen LogP contribution in [-0.4, -0.2) is 13.0 Å². The van der Waals surface area contributed by atoms with Gasteiger partial charge in [-0.05, 0) is 43.0 Å². The van der Waals surface area contributed by atoms with Gasteiger partial charge in [0, 0.05) is 12.6 Å². The molecule has 2 aromatic carbocycles. The summed E-state index contributed by atoms with van der Waals surface area (Å²) in [5.41, 5.74) is 3.39. The van der Waals surface area contributed by atoms with Crippen LogP contribution in [0.25, 0.3) is 0 Å². The lowest BCUT2D eigenvalue weighted by Crippen LogP contribution is -2.20. The lowest BCUT2D eigenvalue weighted by Gasteiger charge is -2.06. The van der Waals surface area contributed by atoms with Gasteiger partial charge in [0.1, 0.15) is 5.75 Å². The number of rotatable bonds is 7. The topological polar surface area (TPSA) is 38.3 Å². The Bertz CT molecular complexity index is 662. The molecule has 0 saturated heterocycles. The molecule has 0 saturated carbocycles. The molecule has 0 aliphatic carbocycles. The fourth-order valence-electron chi connectivity index (χ4n) is 2.30. The predicted molar refractivity (Wildman–Crippen MR) is 93.4 cm³/mol. The van der Waals surface area contributed by atoms with Gasteiger partial charge in [0.25, 0.3) is 0 Å². The number of methoxy groups -OCH3 is 1. The summed E-state index contributed by atoms with van der Waals surface area (Å²) in [5.74, 6) is 0.740. The number of benzene rings is 2. The molecule has 0 aromatic heterocycles. The SMILES string of the molecule is COc1cccc(CNC(=O)/C=C(/C)CCc2ccccc2)c1. The van der Waals surface area contributed by atoms with E-state index in [1.54, 1.807) is 13.2 Å². The minimum atomic E-state index is -0.0571. The summed E-state index contributed by atoms with van der Waals surface area (Å²) in [7, 11) is 1.64. The van der Waals surface area contributed by atoms with E-state index in [2.05, 4.69) is 17.4 Å². The molecule has 2 rings (SSSR count). The number of aryl methyl sites for hydroxylation is 1. The highest BCUT2D eigenvalue weighted by Crippen LogP contribution is 2.12. The lowest BCUT2D eigenvalue weighted by molar-refractivity contribution is -0.116. The maximum absolute atomic E-state index is 12.0. The zero-order valence-electron chi connectivity index (χ0n) is 13.7. The monoisotopic (exact) mass is 309 g/mol. The minimum Gasteiger partial charge on any atom is -0.497 e. The second-order valence-corrected chi connectivity index (χ2v) is 5.55. The van der Waals surface area contributed by atoms with Crippen LogP contribution in [0.5, 0.6) is 5.75 Å². The number of hydrogen-bond acceptors (Lipinski definition) is 2. The van der Waals surface area contributed by atoms with Crippen LogP contribution < -0.4 is 10.1 Å². The van der Waals surface area contributed by atoms with Crippen molar-refractivity contribution in [3.63, 3.8) is 0 Å². The average Bonchev–Trinajstić information content (AvgIpc) is 2.59. The molecule has 0 fully saturated rings. The Balaban J connectivity index is 1.80. The van der Waals surface area contributed by atoms with E-state index in [-0.39, 0.29) is 5.91 Å². The summed E-state index contributed by atoms with van der Waals surface area (Å²) in [6.07, 6.45) is 3.52. The number of carbonyl (C=O) groups is 1. The number of allylic oxidation sites excluding steroid dienone is 1. The van der Waals surface area contributed by atoms with Gasteiger partial charge in [0.05, 0.1) is 7.11 Å². The van der Waals surface area contributed by atoms with Gasteiger partial charge >= 0.3 is 0 Å². The van der Waals surface area contributed by atoms with Gasteiger partial charge in [0.15, 0.2) is 0 Å². The molecule has 0 heterocycles. The molecule has 1 amide bonds. The zero-order valence-corrected chi connectivity index (χ0v) is 13.7. The van der Waals surface area contributed by atoms with E-state index in [0.29, 0.717) is 6.54 Å². The Kier molecular flexibility index (Phi) is 6.42. The van der Waals surface area contributed by atoms with Crippen LogP contribution in [0.2, 0.25) is 0 Å². The van der Waals surface area contributed by atoms with E-state index in [1.165, 1.54) is 5.56 Å². The quantitative estimate of drug-likeness (QED) is 0.788. The highest BCUT2D eigenvalue weighted by Gasteiger charge is 2.01. The molecule has 23 heavy (non-hydrogen) atoms. The summed E-state index contributed by atoms with van der Waals surface area (Å²) >= 11 is 0. The molecular weight excluding hydrogens is 286 g/mol. The second kappa shape index (κ2) is 8.79. The molecule has 0 unspecified atom stereocenters. The van der Waals surface area contributed by atoms with Crippen molar-refractivity contribution in [2.24, 2.45) is 0 Å². The van der Waals surface area contributed by atoms with Crippen molar-refractivity contribution in [3.05, 3.63) is 77.4 Å². The molecule has 0 radical (unpaired) electrons. The Morgan fingerprint density at radius 3 is 2.57 bits per heavy atom. The third-order valence-electron chi connectivity index (χ3n) is 3.63. The molecule has 0 atom stereocenters. The number of nitrogens with one attached hydrogen (secondary N) is 1. The maximum atomic E-state index is 12.0. The summed E-state index contributed by atoms with van der Waals surface area (Å²) in [4.78, 5) is 12.0. The zero-order chi connectivity index (χ0) is 16.5. The standard InChI is InChI=1S/C20H23NO2/c1-16(11-12-17-7-4-3-5-8-17)13-20(22)21-15-18-9-6-10-19(14-18)23-2/h3-10,13-14H,11-12,15H2,1-2H3,(H,21,22)/b16-13-. The molecule has 1 N–H and O–H groups in total. The minimum absolute atomic E-state index is 0.0571. The molecule has 3 heteroatoms. The largest absolute Gasteiger partial charge is 0.497 e. The summed E-state index contributed by atoms with van der Waals surface area (Å²) in [6, 6.07) is 18.0. The third kappa shape index (κ3) is 5.99. The Morgan fingerprint density at radius 2 is 1.83 bits per heavy atom. The van der Waals surface area contributed by atoms with Crippen molar-refractivity contribution < 1.29 is 9.53 Å². The van der Waals surface area contributed by atoms with E-state index in [4.69, 9.17) is 4.74 Å².